The molecule has 0 saturated heterocycles. The Morgan fingerprint density at radius 1 is 1.00 bits per heavy atom. The summed E-state index contributed by atoms with van der Waals surface area (Å²) in [5.74, 6) is 1.26. The van der Waals surface area contributed by atoms with Gasteiger partial charge in [-0.05, 0) is 35.4 Å². The molecule has 2 aliphatic rings. The molecule has 0 aliphatic carbocycles. The first kappa shape index (κ1) is 19.4. The second-order valence-electron chi connectivity index (χ2n) is 7.05. The van der Waals surface area contributed by atoms with Crippen LogP contribution in [0.15, 0.2) is 70.5 Å². The zero-order valence-corrected chi connectivity index (χ0v) is 18.2. The summed E-state index contributed by atoms with van der Waals surface area (Å²) in [6.07, 6.45) is 3.16. The van der Waals surface area contributed by atoms with Crippen LogP contribution < -0.4 is 10.4 Å². The molecule has 1 aromatic heterocycles. The van der Waals surface area contributed by atoms with Crippen molar-refractivity contribution < 1.29 is 4.74 Å². The van der Waals surface area contributed by atoms with Gasteiger partial charge in [0.25, 0.3) is 0 Å². The van der Waals surface area contributed by atoms with Gasteiger partial charge in [0.05, 0.1) is 26.5 Å². The number of imidazole rings is 2. The Hall–Kier alpha value is -3.59. The Kier molecular flexibility index (Phi) is 4.95. The van der Waals surface area contributed by atoms with E-state index in [0.29, 0.717) is 35.8 Å². The lowest BCUT2D eigenvalue weighted by Crippen LogP contribution is -2.17. The third-order valence-corrected chi connectivity index (χ3v) is 5.54. The van der Waals surface area contributed by atoms with Gasteiger partial charge < -0.3 is 9.30 Å². The zero-order valence-electron chi connectivity index (χ0n) is 16.6. The minimum atomic E-state index is -0.361. The zero-order chi connectivity index (χ0) is 21.4. The van der Waals surface area contributed by atoms with Crippen LogP contribution in [-0.4, -0.2) is 36.2 Å². The van der Waals surface area contributed by atoms with E-state index >= 15 is 0 Å². The number of hydrogen-bond acceptors (Lipinski definition) is 6. The van der Waals surface area contributed by atoms with Crippen LogP contribution in [0.1, 0.15) is 11.1 Å². The smallest absolute Gasteiger partial charge is 0.350 e. The van der Waals surface area contributed by atoms with Gasteiger partial charge in [0.1, 0.15) is 23.3 Å². The van der Waals surface area contributed by atoms with E-state index in [-0.39, 0.29) is 5.69 Å². The first-order valence-electron chi connectivity index (χ1n) is 9.56. The molecule has 31 heavy (non-hydrogen) atoms. The van der Waals surface area contributed by atoms with Crippen molar-refractivity contribution >= 4 is 27.1 Å². The van der Waals surface area contributed by atoms with Gasteiger partial charge in [-0.1, -0.05) is 40.2 Å². The van der Waals surface area contributed by atoms with Crippen LogP contribution in [0.4, 0.5) is 0 Å². The highest BCUT2D eigenvalue weighted by molar-refractivity contribution is 9.10. The number of ether oxygens (including phenoxy) is 1. The summed E-state index contributed by atoms with van der Waals surface area (Å²) in [6, 6.07) is 15.6. The summed E-state index contributed by atoms with van der Waals surface area (Å²) in [7, 11) is 1.64. The van der Waals surface area contributed by atoms with Crippen LogP contribution in [0.2, 0.25) is 0 Å². The molecule has 2 aliphatic heterocycles. The van der Waals surface area contributed by atoms with E-state index in [9.17, 15) is 4.79 Å². The molecule has 154 valence electrons. The fourth-order valence-corrected chi connectivity index (χ4v) is 3.98. The highest BCUT2D eigenvalue weighted by atomic mass is 79.9. The maximum atomic E-state index is 12.7. The van der Waals surface area contributed by atoms with E-state index in [0.717, 1.165) is 21.3 Å². The van der Waals surface area contributed by atoms with Crippen LogP contribution in [0.25, 0.3) is 22.7 Å². The van der Waals surface area contributed by atoms with Crippen molar-refractivity contribution in [3.05, 3.63) is 87.3 Å². The first-order valence-corrected chi connectivity index (χ1v) is 10.4. The number of hydrogen-bond donors (Lipinski definition) is 0. The lowest BCUT2D eigenvalue weighted by molar-refractivity contribution is 0.414. The summed E-state index contributed by atoms with van der Waals surface area (Å²) in [5, 5.41) is 0. The van der Waals surface area contributed by atoms with Gasteiger partial charge in [0, 0.05) is 4.47 Å². The second kappa shape index (κ2) is 7.92. The molecule has 0 amide bonds. The van der Waals surface area contributed by atoms with Crippen LogP contribution in [0, 0.1) is 0 Å². The fourth-order valence-electron chi connectivity index (χ4n) is 3.53. The molecular weight excluding hydrogens is 460 g/mol. The van der Waals surface area contributed by atoms with Crippen LogP contribution in [0.3, 0.4) is 0 Å². The topological polar surface area (TPSA) is 87.7 Å². The third-order valence-electron chi connectivity index (χ3n) is 5.04. The van der Waals surface area contributed by atoms with Gasteiger partial charge in [0.2, 0.25) is 0 Å². The fraction of sp³-hybridized carbons (Fsp3) is 0.136. The highest BCUT2D eigenvalue weighted by Gasteiger charge is 2.21. The number of nitrogens with zero attached hydrogens (tertiary/aromatic N) is 6. The average molecular weight is 477 g/mol. The summed E-state index contributed by atoms with van der Waals surface area (Å²) in [4.78, 5) is 30.3. The summed E-state index contributed by atoms with van der Waals surface area (Å²) >= 11 is 3.46. The lowest BCUT2D eigenvalue weighted by atomic mass is 10.2. The summed E-state index contributed by atoms with van der Waals surface area (Å²) < 4.78 is 9.62. The Morgan fingerprint density at radius 2 is 1.84 bits per heavy atom. The number of rotatable bonds is 5. The van der Waals surface area contributed by atoms with E-state index < -0.39 is 0 Å². The van der Waals surface area contributed by atoms with Crippen LogP contribution >= 0.6 is 15.9 Å². The van der Waals surface area contributed by atoms with Crippen molar-refractivity contribution in [1.29, 1.82) is 0 Å². The first-order chi connectivity index (χ1) is 15.1. The number of halogens is 1. The number of fused-ring (bicyclic) bond motifs is 3. The van der Waals surface area contributed by atoms with Gasteiger partial charge in [0.15, 0.2) is 11.5 Å². The average Bonchev–Trinajstić information content (AvgIpc) is 3.24. The Morgan fingerprint density at radius 3 is 2.61 bits per heavy atom. The molecule has 5 rings (SSSR count). The van der Waals surface area contributed by atoms with Gasteiger partial charge in [-0.15, -0.1) is 0 Å². The Balaban J connectivity index is 1.54. The largest absolute Gasteiger partial charge is 0.497 e. The molecule has 8 nitrogen and oxygen atoms in total. The molecular formula is C22H17BrN6O2. The molecule has 3 aromatic rings. The minimum Gasteiger partial charge on any atom is -0.497 e. The number of aromatic nitrogens is 6. The predicted octanol–water partition coefficient (Wildman–Crippen LogP) is 3.36. The number of benzene rings is 2. The molecule has 0 saturated carbocycles. The molecule has 0 atom stereocenters. The normalized spacial score (nSPS) is 11.3. The molecule has 9 heteroatoms. The monoisotopic (exact) mass is 476 g/mol. The maximum Gasteiger partial charge on any atom is 0.350 e. The van der Waals surface area contributed by atoms with E-state index in [1.165, 1.54) is 6.33 Å². The van der Waals surface area contributed by atoms with Gasteiger partial charge in [-0.3, -0.25) is 4.57 Å². The van der Waals surface area contributed by atoms with E-state index in [1.54, 1.807) is 18.0 Å². The lowest BCUT2D eigenvalue weighted by Gasteiger charge is -2.05. The predicted molar refractivity (Wildman–Crippen MR) is 119 cm³/mol. The quantitative estimate of drug-likeness (QED) is 0.386. The van der Waals surface area contributed by atoms with Gasteiger partial charge >= 0.3 is 5.69 Å². The van der Waals surface area contributed by atoms with Crippen molar-refractivity contribution in [2.24, 2.45) is 0 Å². The summed E-state index contributed by atoms with van der Waals surface area (Å²) in [5.41, 5.74) is 3.29. The molecule has 0 unspecified atom stereocenters. The highest BCUT2D eigenvalue weighted by Crippen LogP contribution is 2.24. The van der Waals surface area contributed by atoms with Crippen LogP contribution in [-0.2, 0) is 13.1 Å². The molecule has 3 heterocycles. The maximum absolute atomic E-state index is 12.7. The van der Waals surface area contributed by atoms with E-state index in [4.69, 9.17) is 4.74 Å². The molecule has 0 bridgehead atoms. The number of methoxy groups -OCH3 is 1. The Labute approximate surface area is 185 Å². The third kappa shape index (κ3) is 3.68. The van der Waals surface area contributed by atoms with Crippen molar-refractivity contribution in [3.8, 4) is 17.3 Å². The van der Waals surface area contributed by atoms with Crippen molar-refractivity contribution in [2.75, 3.05) is 7.11 Å². The SMILES string of the molecule is COc1ccc(Cn2cnc3c4nc(=O)n(Cc5cccc(Br)c5)c-4ncnc32)cc1. The standard InChI is InChI=1S/C22H17BrN6O2/c1-31-17-7-5-14(6-8-17)10-28-13-26-18-19-21(25-12-24-20(18)28)29(22(30)27-19)11-15-3-2-4-16(23)9-15/h2-9,12-13H,10-11H2,1H3. The van der Waals surface area contributed by atoms with Crippen molar-refractivity contribution in [2.45, 2.75) is 13.1 Å². The molecule has 0 N–H and O–H groups in total. The van der Waals surface area contributed by atoms with Crippen LogP contribution in [0.5, 0.6) is 5.75 Å². The molecule has 2 aromatic carbocycles. The molecule has 0 radical (unpaired) electrons. The Bertz CT molecular complexity index is 1410. The van der Waals surface area contributed by atoms with E-state index in [2.05, 4.69) is 35.9 Å². The molecule has 0 fully saturated rings. The van der Waals surface area contributed by atoms with Crippen molar-refractivity contribution in [1.82, 2.24) is 29.1 Å². The van der Waals surface area contributed by atoms with Crippen molar-refractivity contribution in [3.63, 3.8) is 0 Å². The van der Waals surface area contributed by atoms with Gasteiger partial charge in [-0.25, -0.2) is 19.7 Å². The van der Waals surface area contributed by atoms with E-state index in [1.807, 2.05) is 53.1 Å². The second-order valence-corrected chi connectivity index (χ2v) is 7.96. The summed E-state index contributed by atoms with van der Waals surface area (Å²) in [6.45, 7) is 0.932. The molecule has 0 spiro atoms. The van der Waals surface area contributed by atoms with Gasteiger partial charge in [-0.2, -0.15) is 4.98 Å². The minimum absolute atomic E-state index is 0.361.